The van der Waals surface area contributed by atoms with Gasteiger partial charge in [-0.25, -0.2) is 5.84 Å². The van der Waals surface area contributed by atoms with Crippen molar-refractivity contribution in [3.8, 4) is 0 Å². The third kappa shape index (κ3) is 1.59. The van der Waals surface area contributed by atoms with Gasteiger partial charge in [-0.15, -0.1) is 0 Å². The predicted molar refractivity (Wildman–Crippen MR) is 59.0 cm³/mol. The van der Waals surface area contributed by atoms with Gasteiger partial charge in [0.1, 0.15) is 0 Å². The maximum atomic E-state index is 11.4. The van der Waals surface area contributed by atoms with E-state index in [0.29, 0.717) is 0 Å². The zero-order valence-electron chi connectivity index (χ0n) is 8.45. The Kier molecular flexibility index (Phi) is 2.43. The number of hydrazine groups is 1. The Morgan fingerprint density at radius 1 is 1.47 bits per heavy atom. The third-order valence-electron chi connectivity index (χ3n) is 2.62. The van der Waals surface area contributed by atoms with Crippen LogP contribution in [0.3, 0.4) is 0 Å². The fourth-order valence-electron chi connectivity index (χ4n) is 1.72. The first-order valence-corrected chi connectivity index (χ1v) is 4.80. The number of carbonyl (C=O) groups excluding carboxylic acids is 1. The molecule has 1 aromatic heterocycles. The van der Waals surface area contributed by atoms with Gasteiger partial charge in [0, 0.05) is 17.1 Å². The maximum Gasteiger partial charge on any atom is 0.241 e. The summed E-state index contributed by atoms with van der Waals surface area (Å²) in [6, 6.07) is 7.87. The Bertz CT molecular complexity index is 489. The van der Waals surface area contributed by atoms with E-state index in [1.54, 1.807) is 0 Å². The number of H-pyrrole nitrogens is 1. The molecule has 0 spiro atoms. The summed E-state index contributed by atoms with van der Waals surface area (Å²) >= 11 is 0. The number of nitrogens with one attached hydrogen (secondary N) is 2. The van der Waals surface area contributed by atoms with Crippen LogP contribution in [0.25, 0.3) is 10.9 Å². The first-order valence-electron chi connectivity index (χ1n) is 4.80. The van der Waals surface area contributed by atoms with E-state index in [9.17, 15) is 4.79 Å². The highest BCUT2D eigenvalue weighted by molar-refractivity contribution is 5.91. The van der Waals surface area contributed by atoms with Crippen molar-refractivity contribution in [2.24, 2.45) is 5.84 Å². The topological polar surface area (TPSA) is 70.9 Å². The van der Waals surface area contributed by atoms with Crippen LogP contribution in [0.2, 0.25) is 0 Å². The van der Waals surface area contributed by atoms with E-state index < -0.39 is 0 Å². The minimum Gasteiger partial charge on any atom is -0.361 e. The molecule has 0 saturated heterocycles. The monoisotopic (exact) mass is 203 g/mol. The Morgan fingerprint density at radius 2 is 2.20 bits per heavy atom. The van der Waals surface area contributed by atoms with E-state index >= 15 is 0 Å². The second-order valence-electron chi connectivity index (χ2n) is 3.52. The van der Waals surface area contributed by atoms with Crippen LogP contribution in [0.4, 0.5) is 0 Å². The van der Waals surface area contributed by atoms with Gasteiger partial charge in [-0.2, -0.15) is 0 Å². The summed E-state index contributed by atoms with van der Waals surface area (Å²) in [4.78, 5) is 14.5. The Morgan fingerprint density at radius 3 is 2.93 bits per heavy atom. The SMILES string of the molecule is CC(C(=O)NN)c1c[nH]c2ccccc12. The Labute approximate surface area is 87.4 Å². The summed E-state index contributed by atoms with van der Waals surface area (Å²) in [5, 5.41) is 1.06. The molecule has 15 heavy (non-hydrogen) atoms. The number of hydrogen-bond donors (Lipinski definition) is 3. The van der Waals surface area contributed by atoms with Crippen LogP contribution in [-0.4, -0.2) is 10.9 Å². The number of aromatic nitrogens is 1. The van der Waals surface area contributed by atoms with Gasteiger partial charge in [-0.3, -0.25) is 10.2 Å². The fourth-order valence-corrected chi connectivity index (χ4v) is 1.72. The first-order chi connectivity index (χ1) is 7.24. The van der Waals surface area contributed by atoms with Crippen molar-refractivity contribution in [1.29, 1.82) is 0 Å². The molecule has 1 unspecified atom stereocenters. The molecule has 0 saturated carbocycles. The van der Waals surface area contributed by atoms with Gasteiger partial charge in [0.15, 0.2) is 0 Å². The average molecular weight is 203 g/mol. The lowest BCUT2D eigenvalue weighted by atomic mass is 10.00. The molecule has 2 rings (SSSR count). The Hall–Kier alpha value is -1.81. The third-order valence-corrected chi connectivity index (χ3v) is 2.62. The highest BCUT2D eigenvalue weighted by Crippen LogP contribution is 2.24. The zero-order chi connectivity index (χ0) is 10.8. The lowest BCUT2D eigenvalue weighted by molar-refractivity contribution is -0.122. The molecule has 2 aromatic rings. The van der Waals surface area contributed by atoms with Gasteiger partial charge < -0.3 is 4.98 Å². The molecular weight excluding hydrogens is 190 g/mol. The van der Waals surface area contributed by atoms with Crippen LogP contribution in [0.5, 0.6) is 0 Å². The van der Waals surface area contributed by atoms with Crippen LogP contribution in [0.1, 0.15) is 18.4 Å². The van der Waals surface area contributed by atoms with Crippen molar-refractivity contribution in [3.63, 3.8) is 0 Å². The Balaban J connectivity index is 2.48. The number of benzene rings is 1. The molecule has 0 aliphatic carbocycles. The second kappa shape index (κ2) is 3.74. The highest BCUT2D eigenvalue weighted by atomic mass is 16.2. The molecule has 1 aromatic carbocycles. The molecule has 0 aliphatic rings. The van der Waals surface area contributed by atoms with Crippen molar-refractivity contribution < 1.29 is 4.79 Å². The van der Waals surface area contributed by atoms with Crippen LogP contribution in [0.15, 0.2) is 30.5 Å². The van der Waals surface area contributed by atoms with E-state index in [4.69, 9.17) is 5.84 Å². The lowest BCUT2D eigenvalue weighted by Gasteiger charge is -2.07. The molecule has 0 fully saturated rings. The summed E-state index contributed by atoms with van der Waals surface area (Å²) in [6.07, 6.45) is 1.85. The van der Waals surface area contributed by atoms with Crippen LogP contribution < -0.4 is 11.3 Å². The molecule has 4 N–H and O–H groups in total. The molecule has 4 heteroatoms. The van der Waals surface area contributed by atoms with Gasteiger partial charge in [0.25, 0.3) is 0 Å². The maximum absolute atomic E-state index is 11.4. The summed E-state index contributed by atoms with van der Waals surface area (Å²) in [5.74, 6) is 4.69. The molecule has 1 atom stereocenters. The first kappa shape index (κ1) is 9.73. The molecular formula is C11H13N3O. The van der Waals surface area contributed by atoms with Crippen LogP contribution >= 0.6 is 0 Å². The van der Waals surface area contributed by atoms with E-state index in [0.717, 1.165) is 16.5 Å². The number of rotatable bonds is 2. The molecule has 1 heterocycles. The fraction of sp³-hybridized carbons (Fsp3) is 0.182. The van der Waals surface area contributed by atoms with Crippen molar-refractivity contribution in [1.82, 2.24) is 10.4 Å². The number of fused-ring (bicyclic) bond motifs is 1. The number of para-hydroxylation sites is 1. The zero-order valence-corrected chi connectivity index (χ0v) is 8.45. The minimum absolute atomic E-state index is 0.181. The second-order valence-corrected chi connectivity index (χ2v) is 3.52. The molecule has 4 nitrogen and oxygen atoms in total. The van der Waals surface area contributed by atoms with E-state index in [1.807, 2.05) is 37.4 Å². The van der Waals surface area contributed by atoms with Crippen molar-refractivity contribution in [2.75, 3.05) is 0 Å². The normalized spacial score (nSPS) is 12.7. The highest BCUT2D eigenvalue weighted by Gasteiger charge is 2.17. The number of carbonyl (C=O) groups is 1. The van der Waals surface area contributed by atoms with Crippen LogP contribution in [0, 0.1) is 0 Å². The minimum atomic E-state index is -0.244. The van der Waals surface area contributed by atoms with Gasteiger partial charge in [-0.1, -0.05) is 18.2 Å². The molecule has 1 amide bonds. The summed E-state index contributed by atoms with van der Waals surface area (Å²) < 4.78 is 0. The van der Waals surface area contributed by atoms with Gasteiger partial charge in [-0.05, 0) is 18.6 Å². The van der Waals surface area contributed by atoms with E-state index in [1.165, 1.54) is 0 Å². The molecule has 0 radical (unpaired) electrons. The quantitative estimate of drug-likeness (QED) is 0.390. The smallest absolute Gasteiger partial charge is 0.241 e. The average Bonchev–Trinajstić information content (AvgIpc) is 2.70. The number of hydrogen-bond acceptors (Lipinski definition) is 2. The van der Waals surface area contributed by atoms with E-state index in [2.05, 4.69) is 10.4 Å². The van der Waals surface area contributed by atoms with Crippen molar-refractivity contribution in [2.45, 2.75) is 12.8 Å². The predicted octanol–water partition coefficient (Wildman–Crippen LogP) is 1.26. The number of aromatic amines is 1. The van der Waals surface area contributed by atoms with Gasteiger partial charge >= 0.3 is 0 Å². The van der Waals surface area contributed by atoms with Crippen molar-refractivity contribution in [3.05, 3.63) is 36.0 Å². The summed E-state index contributed by atoms with van der Waals surface area (Å²) in [6.45, 7) is 1.83. The van der Waals surface area contributed by atoms with Gasteiger partial charge in [0.2, 0.25) is 5.91 Å². The standard InChI is InChI=1S/C11H13N3O/c1-7(11(15)14-12)9-6-13-10-5-3-2-4-8(9)10/h2-7,13H,12H2,1H3,(H,14,15). The van der Waals surface area contributed by atoms with Gasteiger partial charge in [0.05, 0.1) is 5.92 Å². The largest absolute Gasteiger partial charge is 0.361 e. The van der Waals surface area contributed by atoms with Crippen molar-refractivity contribution >= 4 is 16.8 Å². The lowest BCUT2D eigenvalue weighted by Crippen LogP contribution is -2.33. The molecule has 0 aliphatic heterocycles. The van der Waals surface area contributed by atoms with E-state index in [-0.39, 0.29) is 11.8 Å². The number of nitrogens with two attached hydrogens (primary N) is 1. The molecule has 0 bridgehead atoms. The molecule has 78 valence electrons. The number of amides is 1. The van der Waals surface area contributed by atoms with Crippen LogP contribution in [-0.2, 0) is 4.79 Å². The summed E-state index contributed by atoms with van der Waals surface area (Å²) in [5.41, 5.74) is 4.16. The summed E-state index contributed by atoms with van der Waals surface area (Å²) in [7, 11) is 0.